The van der Waals surface area contributed by atoms with Crippen molar-refractivity contribution in [3.8, 4) is 0 Å². The number of fused-ring (bicyclic) bond motifs is 1. The van der Waals surface area contributed by atoms with Crippen molar-refractivity contribution >= 4 is 18.0 Å². The number of ether oxygens (including phenoxy) is 4. The normalized spacial score (nSPS) is 22.7. The number of hydrogen-bond acceptors (Lipinski definition) is 10. The second-order valence-electron chi connectivity index (χ2n) is 20.5. The highest BCUT2D eigenvalue weighted by molar-refractivity contribution is 5.80. The molecule has 8 atom stereocenters. The maximum absolute atomic E-state index is 14.1. The molecule has 0 radical (unpaired) electrons. The molecule has 2 amide bonds. The number of nitrogens with zero attached hydrogens (tertiary/aromatic N) is 2. The minimum absolute atomic E-state index is 0.00498. The summed E-state index contributed by atoms with van der Waals surface area (Å²) in [7, 11) is 0. The lowest BCUT2D eigenvalue weighted by atomic mass is 9.76. The van der Waals surface area contributed by atoms with Gasteiger partial charge in [-0.05, 0) is 104 Å². The Kier molecular flexibility index (Phi) is 19.6. The molecule has 83 heavy (non-hydrogen) atoms. The van der Waals surface area contributed by atoms with Crippen molar-refractivity contribution in [3.63, 3.8) is 0 Å². The molecule has 0 aromatic heterocycles. The lowest BCUT2D eigenvalue weighted by molar-refractivity contribution is -0.536. The van der Waals surface area contributed by atoms with Gasteiger partial charge < -0.3 is 29.6 Å². The molecule has 0 saturated carbocycles. The summed E-state index contributed by atoms with van der Waals surface area (Å²) < 4.78 is 184. The van der Waals surface area contributed by atoms with Crippen LogP contribution in [0.2, 0.25) is 0 Å². The second-order valence-corrected chi connectivity index (χ2v) is 20.5. The zero-order chi connectivity index (χ0) is 60.7. The number of likely N-dealkylation sites (tertiary alicyclic amines) is 1. The van der Waals surface area contributed by atoms with E-state index in [0.29, 0.717) is 48.2 Å². The van der Waals surface area contributed by atoms with Crippen LogP contribution in [0.5, 0.6) is 0 Å². The molecule has 13 nitrogen and oxygen atoms in total. The van der Waals surface area contributed by atoms with Crippen LogP contribution in [0.4, 0.5) is 57.5 Å². The zero-order valence-corrected chi connectivity index (χ0v) is 44.8. The molecule has 3 heterocycles. The fourth-order valence-corrected chi connectivity index (χ4v) is 10.7. The molecule has 3 saturated heterocycles. The Hall–Kier alpha value is -7.25. The summed E-state index contributed by atoms with van der Waals surface area (Å²) in [5.41, 5.74) is -6.98. The van der Waals surface area contributed by atoms with E-state index in [1.807, 2.05) is 30.3 Å². The molecule has 5 aromatic rings. The number of carbonyl (C=O) groups is 3. The maximum Gasteiger partial charge on any atom is 0.416 e. The average Bonchev–Trinajstić information content (AvgIpc) is 3.91. The topological polar surface area (TPSA) is 159 Å². The van der Waals surface area contributed by atoms with Gasteiger partial charge >= 0.3 is 36.8 Å². The number of piperidine rings is 2. The average molecular weight is 1180 g/mol. The summed E-state index contributed by atoms with van der Waals surface area (Å²) in [6.07, 6.45) is -22.9. The van der Waals surface area contributed by atoms with Crippen LogP contribution in [0.25, 0.3) is 0 Å². The number of nitrogens with one attached hydrogen (secondary N) is 2. The Labute approximate surface area is 468 Å². The van der Waals surface area contributed by atoms with Crippen LogP contribution < -0.4 is 10.6 Å². The highest BCUT2D eigenvalue weighted by atomic mass is 19.4. The van der Waals surface area contributed by atoms with Gasteiger partial charge in [-0.3, -0.25) is 24.6 Å². The van der Waals surface area contributed by atoms with Crippen molar-refractivity contribution in [1.82, 2.24) is 15.5 Å². The van der Waals surface area contributed by atoms with Crippen LogP contribution in [0, 0.1) is 10.1 Å². The molecule has 448 valence electrons. The van der Waals surface area contributed by atoms with Gasteiger partial charge in [0, 0.05) is 29.8 Å². The predicted octanol–water partition coefficient (Wildman–Crippen LogP) is 13.4. The quantitative estimate of drug-likeness (QED) is 0.0421. The van der Waals surface area contributed by atoms with Crippen LogP contribution in [0.3, 0.4) is 0 Å². The third-order valence-electron chi connectivity index (χ3n) is 15.0. The molecule has 8 rings (SSSR count). The van der Waals surface area contributed by atoms with Crippen molar-refractivity contribution in [2.75, 3.05) is 19.8 Å². The number of esters is 1. The van der Waals surface area contributed by atoms with Crippen molar-refractivity contribution < 1.29 is 90.9 Å². The highest BCUT2D eigenvalue weighted by Crippen LogP contribution is 2.46. The van der Waals surface area contributed by atoms with E-state index in [2.05, 4.69) is 10.6 Å². The van der Waals surface area contributed by atoms with Crippen LogP contribution in [0.1, 0.15) is 122 Å². The number of benzene rings is 5. The molecule has 3 aliphatic heterocycles. The van der Waals surface area contributed by atoms with Crippen LogP contribution in [-0.4, -0.2) is 71.8 Å². The summed E-state index contributed by atoms with van der Waals surface area (Å²) >= 11 is 0. The predicted molar refractivity (Wildman–Crippen MR) is 274 cm³/mol. The van der Waals surface area contributed by atoms with Crippen molar-refractivity contribution in [3.05, 3.63) is 188 Å². The molecular formula is C58H58F12N4O9. The Bertz CT molecular complexity index is 2980. The summed E-state index contributed by atoms with van der Waals surface area (Å²) in [4.78, 5) is 51.6. The van der Waals surface area contributed by atoms with Gasteiger partial charge in [0.25, 0.3) is 0 Å². The van der Waals surface area contributed by atoms with E-state index in [-0.39, 0.29) is 74.8 Å². The summed E-state index contributed by atoms with van der Waals surface area (Å²) in [5, 5.41) is 18.7. The van der Waals surface area contributed by atoms with Crippen LogP contribution in [-0.2, 0) is 70.9 Å². The number of alkyl halides is 12. The molecule has 0 spiro atoms. The fourth-order valence-electron chi connectivity index (χ4n) is 10.7. The molecule has 1 unspecified atom stereocenters. The molecule has 0 aliphatic carbocycles. The summed E-state index contributed by atoms with van der Waals surface area (Å²) in [6, 6.07) is 25.5. The first-order chi connectivity index (χ1) is 38.9. The number of amides is 2. The van der Waals surface area contributed by atoms with E-state index in [4.69, 9.17) is 18.9 Å². The monoisotopic (exact) mass is 1180 g/mol. The van der Waals surface area contributed by atoms with Crippen molar-refractivity contribution in [1.29, 1.82) is 0 Å². The van der Waals surface area contributed by atoms with Gasteiger partial charge in [-0.2, -0.15) is 52.7 Å². The first-order valence-electron chi connectivity index (χ1n) is 26.2. The first-order valence-corrected chi connectivity index (χ1v) is 26.2. The molecule has 0 bridgehead atoms. The summed E-state index contributed by atoms with van der Waals surface area (Å²) in [5.74, 6) is -0.897. The van der Waals surface area contributed by atoms with E-state index < -0.39 is 118 Å². The maximum atomic E-state index is 14.1. The van der Waals surface area contributed by atoms with Gasteiger partial charge in [0.1, 0.15) is 12.6 Å². The Morgan fingerprint density at radius 3 is 1.59 bits per heavy atom. The van der Waals surface area contributed by atoms with Gasteiger partial charge in [0.15, 0.2) is 0 Å². The third kappa shape index (κ3) is 15.5. The second kappa shape index (κ2) is 25.7. The third-order valence-corrected chi connectivity index (χ3v) is 15.0. The Morgan fingerprint density at radius 1 is 0.651 bits per heavy atom. The van der Waals surface area contributed by atoms with Gasteiger partial charge in [0.2, 0.25) is 11.9 Å². The van der Waals surface area contributed by atoms with Crippen LogP contribution in [0.15, 0.2) is 127 Å². The van der Waals surface area contributed by atoms with E-state index in [0.717, 1.165) is 10.5 Å². The number of nitro groups is 1. The number of carbonyl (C=O) groups excluding carboxylic acids is 3. The lowest BCUT2D eigenvalue weighted by Crippen LogP contribution is -2.65. The van der Waals surface area contributed by atoms with Gasteiger partial charge in [-0.25, -0.2) is 4.79 Å². The Morgan fingerprint density at radius 2 is 1.12 bits per heavy atom. The minimum Gasteiger partial charge on any atom is -0.466 e. The molecule has 25 heteroatoms. The number of rotatable bonds is 16. The fraction of sp³-hybridized carbons (Fsp3) is 0.431. The number of halogens is 12. The van der Waals surface area contributed by atoms with Gasteiger partial charge in [0.05, 0.1) is 71.8 Å². The zero-order valence-electron chi connectivity index (χ0n) is 44.8. The van der Waals surface area contributed by atoms with E-state index in [1.165, 1.54) is 20.8 Å². The SMILES string of the molecule is CCOC(=O)C[C@@H]1[C@@H]([N+](=O)[O-])CC[C@@](CO[C@H](C)c2cc(C(F)(F)F)cc(C(F)(F)F)c2)(c2ccccc2)N1C(=O)OCc1ccccc1.C[C@@H](OC[C@@]1(c2ccccc2)CC[C@@H]2NC(=O)CC2N1)c1cc(C(F)(F)F)cc(C(F)(F)F)c1. The largest absolute Gasteiger partial charge is 0.466 e. The molecule has 2 N–H and O–H groups in total. The number of hydrogen-bond donors (Lipinski definition) is 2. The minimum atomic E-state index is -5.10. The van der Waals surface area contributed by atoms with Crippen molar-refractivity contribution in [2.45, 2.75) is 138 Å². The molecule has 3 aliphatic rings. The smallest absolute Gasteiger partial charge is 0.416 e. The summed E-state index contributed by atoms with van der Waals surface area (Å²) in [6.45, 7) is 3.39. The van der Waals surface area contributed by atoms with E-state index in [9.17, 15) is 77.2 Å². The first kappa shape index (κ1) is 63.3. The molecule has 5 aromatic carbocycles. The van der Waals surface area contributed by atoms with Crippen LogP contribution >= 0.6 is 0 Å². The standard InChI is InChI=1S/C34H34F6N2O7.C24H24F6N2O2/c1-3-47-30(43)19-29-28(42(45)46)14-15-32(25-12-8-5-9-13-25,41(29)31(44)48-20-23-10-6-4-7-11-23)21-49-22(2)24-16-26(33(35,36)37)18-27(17-24)34(38,39)40;1-14(15-9-17(23(25,26)27)11-18(10-15)24(28,29)30)34-13-22(16-5-3-2-4-6-16)8-7-19-20(32-22)12-21(33)31-19/h4-13,16-18,22,28-29H,3,14-15,19-21H2,1-2H3;2-6,9-11,14,19-20,32H,7-8,12-13H2,1H3,(H,31,33)/t22-,28+,29-,32-;14-,19+,20?,22-/m11/s1. The van der Waals surface area contributed by atoms with E-state index in [1.54, 1.807) is 60.7 Å². The van der Waals surface area contributed by atoms with E-state index >= 15 is 0 Å². The lowest BCUT2D eigenvalue weighted by Gasteiger charge is -2.51. The van der Waals surface area contributed by atoms with Gasteiger partial charge in [-0.1, -0.05) is 91.0 Å². The highest BCUT2D eigenvalue weighted by Gasteiger charge is 2.57. The van der Waals surface area contributed by atoms with Gasteiger partial charge in [-0.15, -0.1) is 0 Å². The molecular weight excluding hydrogens is 1120 g/mol. The molecule has 3 fully saturated rings. The van der Waals surface area contributed by atoms with Crippen molar-refractivity contribution in [2.24, 2.45) is 0 Å². The Balaban J connectivity index is 0.000000254.